The second-order valence-corrected chi connectivity index (χ2v) is 6.99. The SMILES string of the molecule is CCOC(=O)C1=Nc2ccccc2C1NC(=O)c1cccnc1C(=O)N1CCOCC1. The van der Waals surface area contributed by atoms with Crippen LogP contribution in [0.3, 0.4) is 0 Å². The average Bonchev–Trinajstić information content (AvgIpc) is 3.18. The summed E-state index contributed by atoms with van der Waals surface area (Å²) in [7, 11) is 0. The Bertz CT molecular complexity index is 1050. The molecule has 1 N–H and O–H groups in total. The highest BCUT2D eigenvalue weighted by Crippen LogP contribution is 2.34. The Morgan fingerprint density at radius 1 is 1.16 bits per heavy atom. The van der Waals surface area contributed by atoms with Crippen molar-refractivity contribution in [1.82, 2.24) is 15.2 Å². The number of morpholine rings is 1. The molecule has 0 radical (unpaired) electrons. The molecule has 1 aromatic heterocycles. The molecule has 0 aliphatic carbocycles. The van der Waals surface area contributed by atoms with Gasteiger partial charge in [0.1, 0.15) is 11.7 Å². The first-order valence-electron chi connectivity index (χ1n) is 10.1. The van der Waals surface area contributed by atoms with Crippen molar-refractivity contribution in [1.29, 1.82) is 0 Å². The average molecular weight is 422 g/mol. The van der Waals surface area contributed by atoms with Crippen LogP contribution in [0.25, 0.3) is 0 Å². The topological polar surface area (TPSA) is 110 Å². The minimum Gasteiger partial charge on any atom is -0.461 e. The molecular weight excluding hydrogens is 400 g/mol. The molecule has 0 bridgehead atoms. The van der Waals surface area contributed by atoms with E-state index in [0.717, 1.165) is 0 Å². The number of fused-ring (bicyclic) bond motifs is 1. The third-order valence-electron chi connectivity index (χ3n) is 5.08. The fourth-order valence-corrected chi connectivity index (χ4v) is 3.57. The van der Waals surface area contributed by atoms with Gasteiger partial charge in [0.25, 0.3) is 11.8 Å². The molecule has 1 unspecified atom stereocenters. The maximum absolute atomic E-state index is 13.2. The second-order valence-electron chi connectivity index (χ2n) is 6.99. The number of carbonyl (C=O) groups is 3. The summed E-state index contributed by atoms with van der Waals surface area (Å²) in [4.78, 5) is 48.7. The van der Waals surface area contributed by atoms with Gasteiger partial charge in [-0.3, -0.25) is 14.6 Å². The second kappa shape index (κ2) is 9.05. The molecule has 1 atom stereocenters. The summed E-state index contributed by atoms with van der Waals surface area (Å²) in [6, 6.07) is 9.51. The number of rotatable bonds is 5. The highest BCUT2D eigenvalue weighted by molar-refractivity contribution is 6.40. The highest BCUT2D eigenvalue weighted by Gasteiger charge is 2.35. The minimum atomic E-state index is -0.783. The van der Waals surface area contributed by atoms with Crippen LogP contribution in [-0.2, 0) is 14.3 Å². The molecule has 31 heavy (non-hydrogen) atoms. The Hall–Kier alpha value is -3.59. The molecule has 0 spiro atoms. The molecule has 1 aromatic carbocycles. The summed E-state index contributed by atoms with van der Waals surface area (Å²) in [5.74, 6) is -1.46. The molecule has 1 fully saturated rings. The van der Waals surface area contributed by atoms with E-state index in [2.05, 4.69) is 15.3 Å². The van der Waals surface area contributed by atoms with E-state index >= 15 is 0 Å². The maximum Gasteiger partial charge on any atom is 0.355 e. The lowest BCUT2D eigenvalue weighted by atomic mass is 10.0. The van der Waals surface area contributed by atoms with Gasteiger partial charge in [-0.15, -0.1) is 0 Å². The Balaban J connectivity index is 1.61. The lowest BCUT2D eigenvalue weighted by molar-refractivity contribution is -0.135. The van der Waals surface area contributed by atoms with Gasteiger partial charge < -0.3 is 19.7 Å². The lowest BCUT2D eigenvalue weighted by Crippen LogP contribution is -2.42. The molecule has 2 amide bonds. The lowest BCUT2D eigenvalue weighted by Gasteiger charge is -2.27. The number of benzene rings is 1. The van der Waals surface area contributed by atoms with Gasteiger partial charge in [-0.1, -0.05) is 18.2 Å². The minimum absolute atomic E-state index is 0.0582. The van der Waals surface area contributed by atoms with Crippen molar-refractivity contribution >= 4 is 29.2 Å². The Morgan fingerprint density at radius 3 is 2.71 bits per heavy atom. The normalized spacial score (nSPS) is 17.5. The summed E-state index contributed by atoms with van der Waals surface area (Å²) in [5, 5.41) is 2.83. The zero-order chi connectivity index (χ0) is 21.8. The summed E-state index contributed by atoms with van der Waals surface area (Å²) >= 11 is 0. The van der Waals surface area contributed by atoms with Crippen LogP contribution in [-0.4, -0.2) is 66.3 Å². The van der Waals surface area contributed by atoms with Gasteiger partial charge in [-0.25, -0.2) is 9.79 Å². The van der Waals surface area contributed by atoms with Crippen molar-refractivity contribution in [3.63, 3.8) is 0 Å². The molecule has 160 valence electrons. The molecule has 0 saturated carbocycles. The van der Waals surface area contributed by atoms with E-state index in [1.54, 1.807) is 42.2 Å². The monoisotopic (exact) mass is 422 g/mol. The molecule has 4 rings (SSSR count). The van der Waals surface area contributed by atoms with Crippen LogP contribution in [0, 0.1) is 0 Å². The van der Waals surface area contributed by atoms with Gasteiger partial charge in [-0.2, -0.15) is 0 Å². The fraction of sp³-hybridized carbons (Fsp3) is 0.318. The van der Waals surface area contributed by atoms with E-state index < -0.39 is 17.9 Å². The number of nitrogens with one attached hydrogen (secondary N) is 1. The molecule has 2 aliphatic heterocycles. The van der Waals surface area contributed by atoms with Crippen molar-refractivity contribution < 1.29 is 23.9 Å². The van der Waals surface area contributed by atoms with Crippen LogP contribution < -0.4 is 5.32 Å². The summed E-state index contributed by atoms with van der Waals surface area (Å²) in [6.07, 6.45) is 1.47. The van der Waals surface area contributed by atoms with E-state index in [-0.39, 0.29) is 29.5 Å². The Morgan fingerprint density at radius 2 is 1.94 bits per heavy atom. The number of hydrogen-bond acceptors (Lipinski definition) is 7. The highest BCUT2D eigenvalue weighted by atomic mass is 16.5. The van der Waals surface area contributed by atoms with Gasteiger partial charge in [0.2, 0.25) is 0 Å². The first kappa shape index (κ1) is 20.7. The zero-order valence-electron chi connectivity index (χ0n) is 17.0. The van der Waals surface area contributed by atoms with Crippen LogP contribution in [0.4, 0.5) is 5.69 Å². The predicted molar refractivity (Wildman–Crippen MR) is 111 cm³/mol. The fourth-order valence-electron chi connectivity index (χ4n) is 3.57. The molecule has 2 aliphatic rings. The van der Waals surface area contributed by atoms with Gasteiger partial charge in [0, 0.05) is 24.8 Å². The number of aromatic nitrogens is 1. The largest absolute Gasteiger partial charge is 0.461 e. The number of ether oxygens (including phenoxy) is 2. The molecule has 1 saturated heterocycles. The van der Waals surface area contributed by atoms with Crippen molar-refractivity contribution in [2.75, 3.05) is 32.9 Å². The van der Waals surface area contributed by atoms with E-state index in [0.29, 0.717) is 37.6 Å². The third kappa shape index (κ3) is 4.17. The predicted octanol–water partition coefficient (Wildman–Crippen LogP) is 1.67. The number of carbonyl (C=O) groups excluding carboxylic acids is 3. The van der Waals surface area contributed by atoms with Crippen molar-refractivity contribution in [3.05, 3.63) is 59.4 Å². The summed E-state index contributed by atoms with van der Waals surface area (Å²) in [5.41, 5.74) is 1.56. The van der Waals surface area contributed by atoms with Crippen LogP contribution in [0.15, 0.2) is 47.6 Å². The van der Waals surface area contributed by atoms with E-state index in [4.69, 9.17) is 9.47 Å². The molecule has 9 heteroatoms. The van der Waals surface area contributed by atoms with Crippen LogP contribution in [0.2, 0.25) is 0 Å². The third-order valence-corrected chi connectivity index (χ3v) is 5.08. The zero-order valence-corrected chi connectivity index (χ0v) is 17.0. The number of pyridine rings is 1. The van der Waals surface area contributed by atoms with Crippen LogP contribution >= 0.6 is 0 Å². The standard InChI is InChI=1S/C22H22N4O5/c1-2-31-22(29)19-17(14-6-3-4-8-16(14)24-19)25-20(27)15-7-5-9-23-18(15)21(28)26-10-12-30-13-11-26/h3-9,17H,2,10-13H2,1H3,(H,25,27). The van der Waals surface area contributed by atoms with Crippen molar-refractivity contribution in [2.24, 2.45) is 4.99 Å². The molecule has 9 nitrogen and oxygen atoms in total. The van der Waals surface area contributed by atoms with Crippen molar-refractivity contribution in [2.45, 2.75) is 13.0 Å². The van der Waals surface area contributed by atoms with E-state index in [9.17, 15) is 14.4 Å². The summed E-state index contributed by atoms with van der Waals surface area (Å²) in [6.45, 7) is 3.65. The number of nitrogens with zero attached hydrogens (tertiary/aromatic N) is 3. The number of hydrogen-bond donors (Lipinski definition) is 1. The quantitative estimate of drug-likeness (QED) is 0.734. The Labute approximate surface area is 179 Å². The van der Waals surface area contributed by atoms with Gasteiger partial charge in [0.05, 0.1) is 31.1 Å². The first-order valence-corrected chi connectivity index (χ1v) is 10.1. The Kier molecular flexibility index (Phi) is 6.03. The molecular formula is C22H22N4O5. The maximum atomic E-state index is 13.2. The smallest absolute Gasteiger partial charge is 0.355 e. The van der Waals surface area contributed by atoms with Gasteiger partial charge in [0.15, 0.2) is 5.71 Å². The van der Waals surface area contributed by atoms with Gasteiger partial charge in [-0.05, 0) is 25.1 Å². The van der Waals surface area contributed by atoms with E-state index in [1.807, 2.05) is 0 Å². The summed E-state index contributed by atoms with van der Waals surface area (Å²) < 4.78 is 10.4. The van der Waals surface area contributed by atoms with Crippen molar-refractivity contribution in [3.8, 4) is 0 Å². The number of para-hydroxylation sites is 1. The van der Waals surface area contributed by atoms with Gasteiger partial charge >= 0.3 is 5.97 Å². The molecule has 3 heterocycles. The van der Waals surface area contributed by atoms with E-state index in [1.165, 1.54) is 12.3 Å². The van der Waals surface area contributed by atoms with Crippen LogP contribution in [0.1, 0.15) is 39.4 Å². The van der Waals surface area contributed by atoms with Crippen LogP contribution in [0.5, 0.6) is 0 Å². The number of esters is 1. The number of amides is 2. The number of aliphatic imine (C=N–C) groups is 1. The molecule has 2 aromatic rings. The first-order chi connectivity index (χ1) is 15.1.